The molecule has 1 heterocycles. The van der Waals surface area contributed by atoms with E-state index in [0.29, 0.717) is 0 Å². The Morgan fingerprint density at radius 1 is 1.28 bits per heavy atom. The van der Waals surface area contributed by atoms with Crippen LogP contribution in [0.5, 0.6) is 0 Å². The molecule has 0 bridgehead atoms. The molecule has 92 valence electrons. The molecule has 0 N–H and O–H groups in total. The largest absolute Gasteiger partial charge is 0.241 e. The standard InChI is InChI=1S/C15H14FNS/c1-2-10-9-11(16)7-8-12(10)15-17-13-5-3-4-6-14(13)18-15/h2,7-9H,1,3-6H2. The van der Waals surface area contributed by atoms with Gasteiger partial charge in [0.15, 0.2) is 0 Å². The summed E-state index contributed by atoms with van der Waals surface area (Å²) in [4.78, 5) is 6.11. The minimum Gasteiger partial charge on any atom is -0.241 e. The highest BCUT2D eigenvalue weighted by atomic mass is 32.1. The number of benzene rings is 1. The van der Waals surface area contributed by atoms with E-state index in [1.54, 1.807) is 23.5 Å². The summed E-state index contributed by atoms with van der Waals surface area (Å²) in [6.45, 7) is 3.75. The van der Waals surface area contributed by atoms with E-state index in [9.17, 15) is 4.39 Å². The van der Waals surface area contributed by atoms with Gasteiger partial charge in [0.05, 0.1) is 5.69 Å². The van der Waals surface area contributed by atoms with E-state index in [4.69, 9.17) is 4.98 Å². The van der Waals surface area contributed by atoms with Gasteiger partial charge in [-0.2, -0.15) is 0 Å². The summed E-state index contributed by atoms with van der Waals surface area (Å²) in [6.07, 6.45) is 6.40. The van der Waals surface area contributed by atoms with E-state index in [0.717, 1.165) is 29.0 Å². The first-order valence-corrected chi connectivity index (χ1v) is 7.00. The summed E-state index contributed by atoms with van der Waals surface area (Å²) in [5.74, 6) is -0.227. The van der Waals surface area contributed by atoms with Crippen LogP contribution in [0.4, 0.5) is 4.39 Å². The van der Waals surface area contributed by atoms with Gasteiger partial charge in [0.25, 0.3) is 0 Å². The second kappa shape index (κ2) is 4.65. The van der Waals surface area contributed by atoms with Crippen molar-refractivity contribution in [1.29, 1.82) is 0 Å². The second-order valence-electron chi connectivity index (χ2n) is 4.53. The van der Waals surface area contributed by atoms with Gasteiger partial charge in [-0.3, -0.25) is 0 Å². The number of rotatable bonds is 2. The zero-order valence-electron chi connectivity index (χ0n) is 10.1. The molecule has 0 unspecified atom stereocenters. The molecule has 2 aromatic rings. The summed E-state index contributed by atoms with van der Waals surface area (Å²) in [6, 6.07) is 4.81. The van der Waals surface area contributed by atoms with Gasteiger partial charge in [0, 0.05) is 10.4 Å². The molecule has 1 aromatic carbocycles. The first kappa shape index (κ1) is 11.6. The van der Waals surface area contributed by atoms with Gasteiger partial charge in [-0.1, -0.05) is 12.7 Å². The average molecular weight is 259 g/mol. The van der Waals surface area contributed by atoms with Crippen molar-refractivity contribution in [3.05, 3.63) is 46.7 Å². The highest BCUT2D eigenvalue weighted by Gasteiger charge is 2.17. The Balaban J connectivity index is 2.09. The predicted octanol–water partition coefficient (Wildman–Crippen LogP) is 4.47. The molecular formula is C15H14FNS. The molecular weight excluding hydrogens is 245 g/mol. The molecule has 0 radical (unpaired) electrons. The van der Waals surface area contributed by atoms with Gasteiger partial charge in [-0.05, 0) is 49.4 Å². The van der Waals surface area contributed by atoms with Crippen LogP contribution in [0.1, 0.15) is 29.0 Å². The van der Waals surface area contributed by atoms with Crippen molar-refractivity contribution in [3.8, 4) is 10.6 Å². The number of aromatic nitrogens is 1. The molecule has 0 saturated carbocycles. The molecule has 3 rings (SSSR count). The number of fused-ring (bicyclic) bond motifs is 1. The SMILES string of the molecule is C=Cc1cc(F)ccc1-c1nc2c(s1)CCCC2. The summed E-state index contributed by atoms with van der Waals surface area (Å²) in [5.41, 5.74) is 3.05. The maximum absolute atomic E-state index is 13.2. The monoisotopic (exact) mass is 259 g/mol. The Hall–Kier alpha value is -1.48. The van der Waals surface area contributed by atoms with Crippen molar-refractivity contribution in [2.45, 2.75) is 25.7 Å². The predicted molar refractivity (Wildman–Crippen MR) is 74.2 cm³/mol. The van der Waals surface area contributed by atoms with Crippen molar-refractivity contribution < 1.29 is 4.39 Å². The fraction of sp³-hybridized carbons (Fsp3) is 0.267. The molecule has 0 aliphatic heterocycles. The van der Waals surface area contributed by atoms with Crippen molar-refractivity contribution in [2.24, 2.45) is 0 Å². The molecule has 0 spiro atoms. The molecule has 1 nitrogen and oxygen atoms in total. The second-order valence-corrected chi connectivity index (χ2v) is 5.62. The molecule has 0 amide bonds. The Labute approximate surface area is 110 Å². The minimum absolute atomic E-state index is 0.227. The minimum atomic E-state index is -0.227. The Bertz CT molecular complexity index is 577. The Kier molecular flexibility index (Phi) is 3.00. The highest BCUT2D eigenvalue weighted by Crippen LogP contribution is 2.34. The fourth-order valence-electron chi connectivity index (χ4n) is 2.36. The molecule has 3 heteroatoms. The number of hydrogen-bond acceptors (Lipinski definition) is 2. The van der Waals surface area contributed by atoms with Crippen molar-refractivity contribution in [3.63, 3.8) is 0 Å². The van der Waals surface area contributed by atoms with Crippen LogP contribution in [0.15, 0.2) is 24.8 Å². The topological polar surface area (TPSA) is 12.9 Å². The van der Waals surface area contributed by atoms with Crippen LogP contribution < -0.4 is 0 Å². The van der Waals surface area contributed by atoms with Gasteiger partial charge < -0.3 is 0 Å². The zero-order valence-corrected chi connectivity index (χ0v) is 10.9. The van der Waals surface area contributed by atoms with Crippen LogP contribution in [0.2, 0.25) is 0 Å². The van der Waals surface area contributed by atoms with E-state index >= 15 is 0 Å². The number of thiazole rings is 1. The average Bonchev–Trinajstić information content (AvgIpc) is 2.82. The van der Waals surface area contributed by atoms with Crippen molar-refractivity contribution in [1.82, 2.24) is 4.98 Å². The van der Waals surface area contributed by atoms with Crippen molar-refractivity contribution in [2.75, 3.05) is 0 Å². The number of halogens is 1. The van der Waals surface area contributed by atoms with E-state index in [1.165, 1.54) is 35.5 Å². The summed E-state index contributed by atoms with van der Waals surface area (Å²) in [7, 11) is 0. The molecule has 1 aliphatic carbocycles. The third-order valence-electron chi connectivity index (χ3n) is 3.31. The summed E-state index contributed by atoms with van der Waals surface area (Å²) < 4.78 is 13.2. The molecule has 0 atom stereocenters. The quantitative estimate of drug-likeness (QED) is 0.775. The lowest BCUT2D eigenvalue weighted by Crippen LogP contribution is -1.98. The number of nitrogens with zero attached hydrogens (tertiary/aromatic N) is 1. The normalized spacial score (nSPS) is 14.3. The van der Waals surface area contributed by atoms with Gasteiger partial charge in [-0.25, -0.2) is 9.37 Å². The number of hydrogen-bond donors (Lipinski definition) is 0. The molecule has 0 saturated heterocycles. The van der Waals surface area contributed by atoms with Crippen LogP contribution in [-0.4, -0.2) is 4.98 Å². The lowest BCUT2D eigenvalue weighted by Gasteiger charge is -2.06. The third-order valence-corrected chi connectivity index (χ3v) is 4.50. The fourth-order valence-corrected chi connectivity index (χ4v) is 3.56. The summed E-state index contributed by atoms with van der Waals surface area (Å²) >= 11 is 1.74. The zero-order chi connectivity index (χ0) is 12.5. The van der Waals surface area contributed by atoms with Crippen LogP contribution in [0.25, 0.3) is 16.6 Å². The lowest BCUT2D eigenvalue weighted by atomic mass is 10.0. The van der Waals surface area contributed by atoms with Gasteiger partial charge in [0.2, 0.25) is 0 Å². The maximum Gasteiger partial charge on any atom is 0.124 e. The van der Waals surface area contributed by atoms with E-state index in [2.05, 4.69) is 6.58 Å². The highest BCUT2D eigenvalue weighted by molar-refractivity contribution is 7.15. The molecule has 18 heavy (non-hydrogen) atoms. The first-order chi connectivity index (χ1) is 8.78. The molecule has 0 fully saturated rings. The van der Waals surface area contributed by atoms with E-state index < -0.39 is 0 Å². The van der Waals surface area contributed by atoms with Gasteiger partial charge >= 0.3 is 0 Å². The van der Waals surface area contributed by atoms with Crippen LogP contribution >= 0.6 is 11.3 Å². The molecule has 1 aliphatic rings. The van der Waals surface area contributed by atoms with E-state index in [1.807, 2.05) is 0 Å². The van der Waals surface area contributed by atoms with Gasteiger partial charge in [-0.15, -0.1) is 11.3 Å². The van der Waals surface area contributed by atoms with E-state index in [-0.39, 0.29) is 5.82 Å². The smallest absolute Gasteiger partial charge is 0.124 e. The lowest BCUT2D eigenvalue weighted by molar-refractivity contribution is 0.627. The summed E-state index contributed by atoms with van der Waals surface area (Å²) in [5, 5.41) is 0.997. The first-order valence-electron chi connectivity index (χ1n) is 6.19. The number of aryl methyl sites for hydroxylation is 2. The third kappa shape index (κ3) is 1.99. The Morgan fingerprint density at radius 3 is 2.89 bits per heavy atom. The van der Waals surface area contributed by atoms with Crippen LogP contribution in [-0.2, 0) is 12.8 Å². The van der Waals surface area contributed by atoms with Crippen LogP contribution in [0, 0.1) is 5.82 Å². The molecule has 1 aromatic heterocycles. The van der Waals surface area contributed by atoms with Gasteiger partial charge in [0.1, 0.15) is 10.8 Å². The Morgan fingerprint density at radius 2 is 2.11 bits per heavy atom. The maximum atomic E-state index is 13.2. The van der Waals surface area contributed by atoms with Crippen LogP contribution in [0.3, 0.4) is 0 Å². The van der Waals surface area contributed by atoms with Crippen molar-refractivity contribution >= 4 is 17.4 Å².